The van der Waals surface area contributed by atoms with Crippen molar-refractivity contribution >= 4 is 11.8 Å². The van der Waals surface area contributed by atoms with Crippen LogP contribution in [0.4, 0.5) is 0 Å². The Morgan fingerprint density at radius 1 is 1.47 bits per heavy atom. The Bertz CT molecular complexity index is 328. The van der Waals surface area contributed by atoms with E-state index in [4.69, 9.17) is 0 Å². The number of hydrogen-bond donors (Lipinski definition) is 1. The average molecular weight is 223 g/mol. The van der Waals surface area contributed by atoms with E-state index in [2.05, 4.69) is 26.6 Å². The minimum atomic E-state index is 0.772. The molecule has 3 rings (SSSR count). The van der Waals surface area contributed by atoms with Crippen LogP contribution in [0.3, 0.4) is 0 Å². The van der Waals surface area contributed by atoms with Gasteiger partial charge < -0.3 is 9.88 Å². The molecule has 1 saturated carbocycles. The quantitative estimate of drug-likeness (QED) is 0.823. The van der Waals surface area contributed by atoms with Gasteiger partial charge in [-0.1, -0.05) is 0 Å². The number of aromatic nitrogens is 2. The Morgan fingerprint density at radius 2 is 2.33 bits per heavy atom. The highest BCUT2D eigenvalue weighted by Gasteiger charge is 2.25. The van der Waals surface area contributed by atoms with Crippen molar-refractivity contribution in [1.82, 2.24) is 14.9 Å². The first-order chi connectivity index (χ1) is 7.43. The van der Waals surface area contributed by atoms with Crippen LogP contribution in [-0.4, -0.2) is 28.4 Å². The maximum atomic E-state index is 4.25. The Morgan fingerprint density at radius 3 is 3.00 bits per heavy atom. The fraction of sp³-hybridized carbons (Fsp3) is 0.727. The number of imidazole rings is 1. The van der Waals surface area contributed by atoms with Crippen LogP contribution >= 0.6 is 11.8 Å². The van der Waals surface area contributed by atoms with Crippen molar-refractivity contribution in [3.05, 3.63) is 18.2 Å². The second kappa shape index (κ2) is 4.18. The summed E-state index contributed by atoms with van der Waals surface area (Å²) in [6, 6.07) is 0.772. The van der Waals surface area contributed by atoms with Crippen molar-refractivity contribution in [3.63, 3.8) is 0 Å². The molecule has 0 aromatic carbocycles. The molecule has 1 N–H and O–H groups in total. The second-order valence-electron chi connectivity index (χ2n) is 4.56. The van der Waals surface area contributed by atoms with Gasteiger partial charge in [-0.2, -0.15) is 11.8 Å². The maximum absolute atomic E-state index is 4.25. The van der Waals surface area contributed by atoms with Gasteiger partial charge in [-0.3, -0.25) is 0 Å². The first-order valence-electron chi connectivity index (χ1n) is 5.72. The summed E-state index contributed by atoms with van der Waals surface area (Å²) in [6.07, 6.45) is 6.73. The molecule has 15 heavy (non-hydrogen) atoms. The highest BCUT2D eigenvalue weighted by Crippen LogP contribution is 2.36. The molecule has 1 aliphatic carbocycles. The number of rotatable bonds is 5. The molecule has 1 saturated heterocycles. The van der Waals surface area contributed by atoms with Gasteiger partial charge in [0, 0.05) is 23.7 Å². The molecular formula is C11H17N3S. The van der Waals surface area contributed by atoms with E-state index >= 15 is 0 Å². The lowest BCUT2D eigenvalue weighted by molar-refractivity contribution is 0.385. The van der Waals surface area contributed by atoms with Crippen LogP contribution in [0, 0.1) is 5.92 Å². The maximum Gasteiger partial charge on any atom is 0.0951 e. The van der Waals surface area contributed by atoms with Crippen LogP contribution in [0.25, 0.3) is 0 Å². The first kappa shape index (κ1) is 9.73. The van der Waals surface area contributed by atoms with Gasteiger partial charge in [0.05, 0.1) is 6.33 Å². The average Bonchev–Trinajstić information content (AvgIpc) is 2.91. The topological polar surface area (TPSA) is 29.9 Å². The second-order valence-corrected chi connectivity index (χ2v) is 5.59. The zero-order chi connectivity index (χ0) is 10.1. The van der Waals surface area contributed by atoms with Gasteiger partial charge in [0.1, 0.15) is 0 Å². The van der Waals surface area contributed by atoms with Gasteiger partial charge >= 0.3 is 0 Å². The van der Waals surface area contributed by atoms with Crippen molar-refractivity contribution < 1.29 is 0 Å². The Balaban J connectivity index is 1.49. The summed E-state index contributed by atoms with van der Waals surface area (Å²) in [5.74, 6) is 3.34. The summed E-state index contributed by atoms with van der Waals surface area (Å²) in [5, 5.41) is 3.31. The summed E-state index contributed by atoms with van der Waals surface area (Å²) in [6.45, 7) is 2.43. The van der Waals surface area contributed by atoms with Crippen molar-refractivity contribution in [1.29, 1.82) is 0 Å². The van der Waals surface area contributed by atoms with Gasteiger partial charge in [0.2, 0.25) is 0 Å². The number of thioether (sulfide) groups is 1. The molecule has 0 radical (unpaired) electrons. The van der Waals surface area contributed by atoms with E-state index in [0.717, 1.165) is 17.7 Å². The largest absolute Gasteiger partial charge is 0.331 e. The lowest BCUT2D eigenvalue weighted by Crippen LogP contribution is -2.43. The van der Waals surface area contributed by atoms with Crippen LogP contribution in [-0.2, 0) is 5.75 Å². The predicted octanol–water partition coefficient (Wildman–Crippen LogP) is 1.67. The fourth-order valence-corrected chi connectivity index (χ4v) is 3.04. The molecule has 1 aromatic heterocycles. The van der Waals surface area contributed by atoms with E-state index in [1.165, 1.54) is 37.4 Å². The van der Waals surface area contributed by atoms with Gasteiger partial charge in [-0.25, -0.2) is 4.98 Å². The SMILES string of the molecule is c1ncn(C2CC2)c1CSCC1CNC1. The zero-order valence-electron chi connectivity index (χ0n) is 8.85. The fourth-order valence-electron chi connectivity index (χ4n) is 1.92. The third kappa shape index (κ3) is 2.21. The van der Waals surface area contributed by atoms with Crippen molar-refractivity contribution in [3.8, 4) is 0 Å². The smallest absolute Gasteiger partial charge is 0.0951 e. The monoisotopic (exact) mass is 223 g/mol. The number of hydrogen-bond acceptors (Lipinski definition) is 3. The minimum Gasteiger partial charge on any atom is -0.331 e. The summed E-state index contributed by atoms with van der Waals surface area (Å²) in [7, 11) is 0. The first-order valence-corrected chi connectivity index (χ1v) is 6.88. The summed E-state index contributed by atoms with van der Waals surface area (Å²) in [5.41, 5.74) is 1.41. The summed E-state index contributed by atoms with van der Waals surface area (Å²) in [4.78, 5) is 4.25. The number of nitrogens with zero attached hydrogens (tertiary/aromatic N) is 2. The van der Waals surface area contributed by atoms with E-state index in [-0.39, 0.29) is 0 Å². The Hall–Kier alpha value is -0.480. The standard InChI is InChI=1S/C11H17N3S/c1-2-10(1)14-8-13-5-11(14)7-15-6-9-3-12-4-9/h5,8-10,12H,1-4,6-7H2. The van der Waals surface area contributed by atoms with Crippen LogP contribution in [0.15, 0.2) is 12.5 Å². The third-order valence-electron chi connectivity index (χ3n) is 3.16. The molecule has 0 atom stereocenters. The molecule has 0 amide bonds. The van der Waals surface area contributed by atoms with Crippen molar-refractivity contribution in [2.75, 3.05) is 18.8 Å². The van der Waals surface area contributed by atoms with Crippen molar-refractivity contribution in [2.24, 2.45) is 5.92 Å². The Labute approximate surface area is 94.7 Å². The van der Waals surface area contributed by atoms with Gasteiger partial charge in [0.25, 0.3) is 0 Å². The highest BCUT2D eigenvalue weighted by molar-refractivity contribution is 7.98. The lowest BCUT2D eigenvalue weighted by atomic mass is 10.1. The van der Waals surface area contributed by atoms with Gasteiger partial charge in [0.15, 0.2) is 0 Å². The van der Waals surface area contributed by atoms with Crippen LogP contribution in [0.5, 0.6) is 0 Å². The van der Waals surface area contributed by atoms with E-state index in [0.29, 0.717) is 0 Å². The predicted molar refractivity (Wildman–Crippen MR) is 63.0 cm³/mol. The minimum absolute atomic E-state index is 0.772. The molecule has 2 aliphatic rings. The van der Waals surface area contributed by atoms with Gasteiger partial charge in [-0.15, -0.1) is 0 Å². The lowest BCUT2D eigenvalue weighted by Gasteiger charge is -2.26. The molecule has 82 valence electrons. The van der Waals surface area contributed by atoms with Crippen LogP contribution < -0.4 is 5.32 Å². The molecular weight excluding hydrogens is 206 g/mol. The molecule has 0 bridgehead atoms. The van der Waals surface area contributed by atoms with Crippen LogP contribution in [0.1, 0.15) is 24.6 Å². The molecule has 2 heterocycles. The molecule has 3 nitrogen and oxygen atoms in total. The van der Waals surface area contributed by atoms with E-state index < -0.39 is 0 Å². The van der Waals surface area contributed by atoms with Crippen LogP contribution in [0.2, 0.25) is 0 Å². The summed E-state index contributed by atoms with van der Waals surface area (Å²) >= 11 is 2.05. The Kier molecular flexibility index (Phi) is 2.71. The zero-order valence-corrected chi connectivity index (χ0v) is 9.67. The van der Waals surface area contributed by atoms with E-state index in [1.807, 2.05) is 12.5 Å². The highest BCUT2D eigenvalue weighted by atomic mass is 32.2. The normalized spacial score (nSPS) is 21.6. The summed E-state index contributed by atoms with van der Waals surface area (Å²) < 4.78 is 2.37. The molecule has 0 unspecified atom stereocenters. The molecule has 4 heteroatoms. The molecule has 0 spiro atoms. The van der Waals surface area contributed by atoms with E-state index in [9.17, 15) is 0 Å². The number of nitrogens with one attached hydrogen (secondary N) is 1. The third-order valence-corrected chi connectivity index (χ3v) is 4.36. The van der Waals surface area contributed by atoms with E-state index in [1.54, 1.807) is 0 Å². The van der Waals surface area contributed by atoms with Crippen molar-refractivity contribution in [2.45, 2.75) is 24.6 Å². The molecule has 1 aromatic rings. The molecule has 2 fully saturated rings. The molecule has 1 aliphatic heterocycles. The van der Waals surface area contributed by atoms with Gasteiger partial charge in [-0.05, 0) is 37.6 Å².